The van der Waals surface area contributed by atoms with Gasteiger partial charge in [0, 0.05) is 25.5 Å². The van der Waals surface area contributed by atoms with Gasteiger partial charge in [-0.25, -0.2) is 0 Å². The zero-order valence-corrected chi connectivity index (χ0v) is 13.8. The van der Waals surface area contributed by atoms with Crippen molar-refractivity contribution in [3.63, 3.8) is 0 Å². The summed E-state index contributed by atoms with van der Waals surface area (Å²) in [5.74, 6) is 0.135. The molecule has 0 aliphatic rings. The summed E-state index contributed by atoms with van der Waals surface area (Å²) >= 11 is 0. The Hall–Kier alpha value is -1.19. The minimum Gasteiger partial charge on any atom is -0.366 e. The van der Waals surface area contributed by atoms with Crippen LogP contribution in [-0.2, 0) is 16.0 Å². The van der Waals surface area contributed by atoms with E-state index >= 15 is 0 Å². The summed E-state index contributed by atoms with van der Waals surface area (Å²) < 4.78 is 5.66. The number of nitrogens with zero attached hydrogens (tertiary/aromatic N) is 1. The lowest BCUT2D eigenvalue weighted by Crippen LogP contribution is -2.42. The third-order valence-electron chi connectivity index (χ3n) is 4.15. The third kappa shape index (κ3) is 5.60. The van der Waals surface area contributed by atoms with Crippen molar-refractivity contribution in [2.75, 3.05) is 20.7 Å². The molecule has 0 bridgehead atoms. The second kappa shape index (κ2) is 9.69. The van der Waals surface area contributed by atoms with E-state index in [1.807, 2.05) is 18.2 Å². The summed E-state index contributed by atoms with van der Waals surface area (Å²) in [7, 11) is 3.80. The van der Waals surface area contributed by atoms with Crippen LogP contribution in [0.2, 0.25) is 0 Å². The average molecular weight is 291 g/mol. The number of carbonyl (C=O) groups is 1. The lowest BCUT2D eigenvalue weighted by Gasteiger charge is -2.34. The maximum atomic E-state index is 11.5. The molecule has 0 N–H and O–H groups in total. The van der Waals surface area contributed by atoms with Crippen LogP contribution in [-0.4, -0.2) is 38.1 Å². The van der Waals surface area contributed by atoms with Gasteiger partial charge in [-0.15, -0.1) is 0 Å². The van der Waals surface area contributed by atoms with Crippen molar-refractivity contribution in [2.24, 2.45) is 11.8 Å². The molecule has 3 heteroatoms. The number of benzene rings is 1. The average Bonchev–Trinajstić information content (AvgIpc) is 2.52. The lowest BCUT2D eigenvalue weighted by atomic mass is 9.87. The number of carbonyl (C=O) groups excluding carboxylic acids is 1. The molecule has 0 aliphatic heterocycles. The van der Waals surface area contributed by atoms with E-state index in [0.717, 1.165) is 32.1 Å². The van der Waals surface area contributed by atoms with Gasteiger partial charge in [0.25, 0.3) is 0 Å². The van der Waals surface area contributed by atoms with Crippen molar-refractivity contribution in [3.05, 3.63) is 35.9 Å². The first-order valence-corrected chi connectivity index (χ1v) is 7.86. The molecule has 0 spiro atoms. The molecule has 0 saturated carbocycles. The number of rotatable bonds is 10. The normalized spacial score (nSPS) is 15.7. The second-order valence-electron chi connectivity index (χ2n) is 5.81. The number of hydrogen-bond donors (Lipinski definition) is 0. The predicted molar refractivity (Wildman–Crippen MR) is 87.2 cm³/mol. The Kier molecular flexibility index (Phi) is 8.24. The van der Waals surface area contributed by atoms with Crippen LogP contribution in [0.3, 0.4) is 0 Å². The highest BCUT2D eigenvalue weighted by Crippen LogP contribution is 2.22. The molecule has 0 aromatic heterocycles. The molecule has 21 heavy (non-hydrogen) atoms. The first-order chi connectivity index (χ1) is 10.1. The number of aldehydes is 1. The van der Waals surface area contributed by atoms with Gasteiger partial charge in [0.2, 0.25) is 0 Å². The van der Waals surface area contributed by atoms with E-state index in [9.17, 15) is 4.79 Å². The Morgan fingerprint density at radius 2 is 1.95 bits per heavy atom. The number of ether oxygens (including phenoxy) is 1. The molecular formula is C18H29NO2. The fourth-order valence-corrected chi connectivity index (χ4v) is 2.79. The van der Waals surface area contributed by atoms with Gasteiger partial charge in [0.15, 0.2) is 0 Å². The van der Waals surface area contributed by atoms with Crippen LogP contribution in [0, 0.1) is 11.8 Å². The highest BCUT2D eigenvalue weighted by Gasteiger charge is 2.28. The van der Waals surface area contributed by atoms with Crippen LogP contribution in [0.1, 0.15) is 32.3 Å². The van der Waals surface area contributed by atoms with Crippen LogP contribution in [0.25, 0.3) is 0 Å². The highest BCUT2D eigenvalue weighted by molar-refractivity contribution is 5.55. The van der Waals surface area contributed by atoms with Gasteiger partial charge in [-0.1, -0.05) is 50.6 Å². The summed E-state index contributed by atoms with van der Waals surface area (Å²) in [6.07, 6.45) is 4.14. The highest BCUT2D eigenvalue weighted by atomic mass is 16.5. The van der Waals surface area contributed by atoms with Gasteiger partial charge >= 0.3 is 0 Å². The summed E-state index contributed by atoms with van der Waals surface area (Å²) in [4.78, 5) is 13.8. The summed E-state index contributed by atoms with van der Waals surface area (Å²) in [5, 5.41) is 0. The predicted octanol–water partition coefficient (Wildman–Crippen LogP) is 3.38. The van der Waals surface area contributed by atoms with Crippen molar-refractivity contribution in [1.29, 1.82) is 0 Å². The topological polar surface area (TPSA) is 29.5 Å². The van der Waals surface area contributed by atoms with E-state index < -0.39 is 0 Å². The van der Waals surface area contributed by atoms with Crippen LogP contribution < -0.4 is 0 Å². The third-order valence-corrected chi connectivity index (χ3v) is 4.15. The van der Waals surface area contributed by atoms with E-state index in [4.69, 9.17) is 4.74 Å². The first kappa shape index (κ1) is 17.9. The Morgan fingerprint density at radius 3 is 2.48 bits per heavy atom. The molecule has 0 saturated heterocycles. The molecule has 0 aliphatic carbocycles. The molecule has 1 aromatic carbocycles. The van der Waals surface area contributed by atoms with Crippen molar-refractivity contribution >= 4 is 6.29 Å². The van der Waals surface area contributed by atoms with Gasteiger partial charge < -0.3 is 9.53 Å². The molecule has 3 unspecified atom stereocenters. The summed E-state index contributed by atoms with van der Waals surface area (Å²) in [6.45, 7) is 5.29. The number of methoxy groups -OCH3 is 1. The zero-order chi connectivity index (χ0) is 15.7. The number of hydrogen-bond acceptors (Lipinski definition) is 3. The molecule has 0 amide bonds. The largest absolute Gasteiger partial charge is 0.366 e. The van der Waals surface area contributed by atoms with Crippen LogP contribution in [0.15, 0.2) is 30.3 Å². The second-order valence-corrected chi connectivity index (χ2v) is 5.81. The molecule has 118 valence electrons. The Bertz CT molecular complexity index is 393. The van der Waals surface area contributed by atoms with Gasteiger partial charge in [0.05, 0.1) is 0 Å². The van der Waals surface area contributed by atoms with Crippen molar-refractivity contribution in [1.82, 2.24) is 4.90 Å². The Labute approximate surface area is 129 Å². The standard InChI is InChI=1S/C18H29NO2/c1-5-6-12-19(3)18(21-4)15(2)17(14-20)13-16-10-8-7-9-11-16/h7-11,14-15,17-18H,5-6,12-13H2,1-4H3. The minimum atomic E-state index is -0.0265. The fraction of sp³-hybridized carbons (Fsp3) is 0.611. The maximum Gasteiger partial charge on any atom is 0.123 e. The first-order valence-electron chi connectivity index (χ1n) is 7.86. The van der Waals surface area contributed by atoms with E-state index in [-0.39, 0.29) is 18.1 Å². The van der Waals surface area contributed by atoms with Crippen molar-refractivity contribution in [3.8, 4) is 0 Å². The van der Waals surface area contributed by atoms with Crippen LogP contribution >= 0.6 is 0 Å². The van der Waals surface area contributed by atoms with E-state index in [1.54, 1.807) is 7.11 Å². The molecule has 3 atom stereocenters. The Morgan fingerprint density at radius 1 is 1.29 bits per heavy atom. The summed E-state index contributed by atoms with van der Waals surface area (Å²) in [5.41, 5.74) is 1.20. The molecule has 0 radical (unpaired) electrons. The van der Waals surface area contributed by atoms with E-state index in [2.05, 4.69) is 37.9 Å². The van der Waals surface area contributed by atoms with Crippen LogP contribution in [0.4, 0.5) is 0 Å². The van der Waals surface area contributed by atoms with Gasteiger partial charge in [0.1, 0.15) is 12.5 Å². The lowest BCUT2D eigenvalue weighted by molar-refractivity contribution is -0.118. The van der Waals surface area contributed by atoms with Crippen molar-refractivity contribution in [2.45, 2.75) is 39.3 Å². The summed E-state index contributed by atoms with van der Waals surface area (Å²) in [6, 6.07) is 10.2. The van der Waals surface area contributed by atoms with Gasteiger partial charge in [-0.2, -0.15) is 0 Å². The molecule has 1 rings (SSSR count). The monoisotopic (exact) mass is 291 g/mol. The van der Waals surface area contributed by atoms with E-state index in [1.165, 1.54) is 5.56 Å². The smallest absolute Gasteiger partial charge is 0.123 e. The Balaban J connectivity index is 2.70. The zero-order valence-electron chi connectivity index (χ0n) is 13.8. The van der Waals surface area contributed by atoms with E-state index in [0.29, 0.717) is 0 Å². The maximum absolute atomic E-state index is 11.5. The molecule has 0 fully saturated rings. The number of unbranched alkanes of at least 4 members (excludes halogenated alkanes) is 1. The quantitative estimate of drug-likeness (QED) is 0.489. The fourth-order valence-electron chi connectivity index (χ4n) is 2.79. The molecule has 0 heterocycles. The molecular weight excluding hydrogens is 262 g/mol. The van der Waals surface area contributed by atoms with Gasteiger partial charge in [-0.3, -0.25) is 4.90 Å². The molecule has 1 aromatic rings. The molecule has 3 nitrogen and oxygen atoms in total. The van der Waals surface area contributed by atoms with Crippen molar-refractivity contribution < 1.29 is 9.53 Å². The van der Waals surface area contributed by atoms with Crippen LogP contribution in [0.5, 0.6) is 0 Å². The minimum absolute atomic E-state index is 0.0181. The van der Waals surface area contributed by atoms with Gasteiger partial charge in [-0.05, 0) is 25.5 Å². The SMILES string of the molecule is CCCCN(C)C(OC)C(C)C(C=O)Cc1ccccc1.